The standard InChI is InChI=1S/C32H40N4O2/c1-4-5-6-8-11-25-14-16-27(17-15-25)32(37)35-19-18-29-28(22-35)31(36-20-23(2)38-24(3)21-36)34-30(33-29)26-12-9-7-10-13-26/h7,9-10,12-17,23-24H,4-6,8,11,18-22H2,1-3H3. The van der Waals surface area contributed by atoms with E-state index in [1.807, 2.05) is 35.2 Å². The second kappa shape index (κ2) is 12.1. The number of nitrogens with zero attached hydrogens (tertiary/aromatic N) is 4. The maximum atomic E-state index is 13.6. The number of anilines is 1. The molecule has 3 heterocycles. The van der Waals surface area contributed by atoms with E-state index in [-0.39, 0.29) is 18.1 Å². The van der Waals surface area contributed by atoms with Crippen LogP contribution in [0.3, 0.4) is 0 Å². The predicted molar refractivity (Wildman–Crippen MR) is 152 cm³/mol. The number of unbranched alkanes of at least 4 members (excludes halogenated alkanes) is 3. The Labute approximate surface area is 227 Å². The van der Waals surface area contributed by atoms with Crippen molar-refractivity contribution >= 4 is 11.7 Å². The van der Waals surface area contributed by atoms with Gasteiger partial charge in [-0.1, -0.05) is 68.7 Å². The van der Waals surface area contributed by atoms with E-state index >= 15 is 0 Å². The summed E-state index contributed by atoms with van der Waals surface area (Å²) < 4.78 is 6.01. The minimum absolute atomic E-state index is 0.0787. The molecule has 1 fully saturated rings. The highest BCUT2D eigenvalue weighted by atomic mass is 16.5. The normalized spacial score (nSPS) is 19.3. The number of benzene rings is 2. The largest absolute Gasteiger partial charge is 0.372 e. The Hall–Kier alpha value is -3.25. The topological polar surface area (TPSA) is 58.6 Å². The molecule has 1 saturated heterocycles. The fourth-order valence-electron chi connectivity index (χ4n) is 5.65. The van der Waals surface area contributed by atoms with Gasteiger partial charge in [-0.15, -0.1) is 0 Å². The van der Waals surface area contributed by atoms with Crippen molar-refractivity contribution in [2.75, 3.05) is 24.5 Å². The van der Waals surface area contributed by atoms with E-state index in [0.717, 1.165) is 60.0 Å². The summed E-state index contributed by atoms with van der Waals surface area (Å²) in [4.78, 5) is 27.9. The fraction of sp³-hybridized carbons (Fsp3) is 0.469. The average Bonchev–Trinajstić information content (AvgIpc) is 2.94. The number of fused-ring (bicyclic) bond motifs is 1. The van der Waals surface area contributed by atoms with Crippen LogP contribution in [0.15, 0.2) is 54.6 Å². The van der Waals surface area contributed by atoms with E-state index in [1.54, 1.807) is 0 Å². The molecule has 2 aliphatic heterocycles. The minimum Gasteiger partial charge on any atom is -0.372 e. The van der Waals surface area contributed by atoms with Gasteiger partial charge in [-0.2, -0.15) is 0 Å². The summed E-state index contributed by atoms with van der Waals surface area (Å²) in [6.07, 6.45) is 7.04. The molecule has 1 aromatic heterocycles. The summed E-state index contributed by atoms with van der Waals surface area (Å²) in [5.74, 6) is 1.77. The van der Waals surface area contributed by atoms with Crippen molar-refractivity contribution in [1.82, 2.24) is 14.9 Å². The van der Waals surface area contributed by atoms with Gasteiger partial charge in [0.1, 0.15) is 5.82 Å². The maximum absolute atomic E-state index is 13.6. The lowest BCUT2D eigenvalue weighted by Gasteiger charge is -2.39. The Morgan fingerprint density at radius 3 is 2.39 bits per heavy atom. The van der Waals surface area contributed by atoms with Crippen LogP contribution in [0.25, 0.3) is 11.4 Å². The van der Waals surface area contributed by atoms with Crippen LogP contribution in [0.5, 0.6) is 0 Å². The summed E-state index contributed by atoms with van der Waals surface area (Å²) in [6.45, 7) is 9.18. The van der Waals surface area contributed by atoms with Crippen LogP contribution in [0, 0.1) is 0 Å². The molecule has 0 aliphatic carbocycles. The monoisotopic (exact) mass is 512 g/mol. The zero-order valence-corrected chi connectivity index (χ0v) is 23.0. The number of carbonyl (C=O) groups is 1. The van der Waals surface area contributed by atoms with Gasteiger partial charge in [0.05, 0.1) is 24.4 Å². The molecule has 1 amide bonds. The lowest BCUT2D eigenvalue weighted by atomic mass is 10.0. The lowest BCUT2D eigenvalue weighted by molar-refractivity contribution is -0.00558. The number of carbonyl (C=O) groups excluding carboxylic acids is 1. The Morgan fingerprint density at radius 1 is 0.947 bits per heavy atom. The Bertz CT molecular complexity index is 1220. The highest BCUT2D eigenvalue weighted by Crippen LogP contribution is 2.32. The molecule has 2 unspecified atom stereocenters. The molecule has 2 aromatic carbocycles. The number of amides is 1. The third-order valence-electron chi connectivity index (χ3n) is 7.60. The number of hydrogen-bond acceptors (Lipinski definition) is 5. The van der Waals surface area contributed by atoms with Crippen LogP contribution in [-0.2, 0) is 24.1 Å². The molecule has 0 bridgehead atoms. The van der Waals surface area contributed by atoms with E-state index < -0.39 is 0 Å². The molecule has 0 radical (unpaired) electrons. The molecule has 6 heteroatoms. The molecule has 0 N–H and O–H groups in total. The third-order valence-corrected chi connectivity index (χ3v) is 7.60. The Balaban J connectivity index is 1.39. The van der Waals surface area contributed by atoms with Gasteiger partial charge in [-0.3, -0.25) is 4.79 Å². The smallest absolute Gasteiger partial charge is 0.254 e. The van der Waals surface area contributed by atoms with E-state index in [0.29, 0.717) is 13.1 Å². The van der Waals surface area contributed by atoms with Crippen molar-refractivity contribution in [3.05, 3.63) is 77.0 Å². The number of hydrogen-bond donors (Lipinski definition) is 0. The molecule has 0 saturated carbocycles. The number of ether oxygens (including phenoxy) is 1. The Kier molecular flexibility index (Phi) is 8.38. The second-order valence-electron chi connectivity index (χ2n) is 10.8. The van der Waals surface area contributed by atoms with Crippen LogP contribution >= 0.6 is 0 Å². The molecular formula is C32H40N4O2. The van der Waals surface area contributed by atoms with Crippen LogP contribution in [0.4, 0.5) is 5.82 Å². The lowest BCUT2D eigenvalue weighted by Crippen LogP contribution is -2.47. The summed E-state index contributed by atoms with van der Waals surface area (Å²) in [6, 6.07) is 18.4. The van der Waals surface area contributed by atoms with Gasteiger partial charge in [0.15, 0.2) is 5.82 Å². The van der Waals surface area contributed by atoms with Gasteiger partial charge in [0.25, 0.3) is 5.91 Å². The van der Waals surface area contributed by atoms with Crippen LogP contribution in [0.2, 0.25) is 0 Å². The van der Waals surface area contributed by atoms with Gasteiger partial charge >= 0.3 is 0 Å². The first kappa shape index (κ1) is 26.4. The van der Waals surface area contributed by atoms with E-state index in [1.165, 1.54) is 31.2 Å². The minimum atomic E-state index is 0.0787. The highest BCUT2D eigenvalue weighted by molar-refractivity contribution is 5.94. The average molecular weight is 513 g/mol. The van der Waals surface area contributed by atoms with Crippen LogP contribution < -0.4 is 4.90 Å². The molecule has 38 heavy (non-hydrogen) atoms. The molecule has 6 nitrogen and oxygen atoms in total. The van der Waals surface area contributed by atoms with E-state index in [2.05, 4.69) is 49.9 Å². The predicted octanol–water partition coefficient (Wildman–Crippen LogP) is 6.08. The summed E-state index contributed by atoms with van der Waals surface area (Å²) in [7, 11) is 0. The molecule has 5 rings (SSSR count). The van der Waals surface area contributed by atoms with Crippen molar-refractivity contribution in [1.29, 1.82) is 0 Å². The number of morpholine rings is 1. The molecular weight excluding hydrogens is 472 g/mol. The van der Waals surface area contributed by atoms with Crippen LogP contribution in [0.1, 0.15) is 73.6 Å². The first-order chi connectivity index (χ1) is 18.5. The zero-order chi connectivity index (χ0) is 26.5. The molecule has 2 aliphatic rings. The van der Waals surface area contributed by atoms with Gasteiger partial charge in [0.2, 0.25) is 0 Å². The maximum Gasteiger partial charge on any atom is 0.254 e. The molecule has 200 valence electrons. The van der Waals surface area contributed by atoms with Crippen molar-refractivity contribution in [3.63, 3.8) is 0 Å². The molecule has 2 atom stereocenters. The zero-order valence-electron chi connectivity index (χ0n) is 23.0. The van der Waals surface area contributed by atoms with Gasteiger partial charge in [-0.05, 0) is 44.4 Å². The number of aryl methyl sites for hydroxylation is 1. The first-order valence-electron chi connectivity index (χ1n) is 14.3. The summed E-state index contributed by atoms with van der Waals surface area (Å²) in [5, 5.41) is 0. The summed E-state index contributed by atoms with van der Waals surface area (Å²) >= 11 is 0. The number of aromatic nitrogens is 2. The quantitative estimate of drug-likeness (QED) is 0.343. The van der Waals surface area contributed by atoms with Gasteiger partial charge in [-0.25, -0.2) is 9.97 Å². The van der Waals surface area contributed by atoms with Crippen LogP contribution in [-0.4, -0.2) is 52.6 Å². The van der Waals surface area contributed by atoms with Gasteiger partial charge in [0, 0.05) is 42.7 Å². The van der Waals surface area contributed by atoms with E-state index in [4.69, 9.17) is 14.7 Å². The Morgan fingerprint density at radius 2 is 1.68 bits per heavy atom. The molecule has 3 aromatic rings. The highest BCUT2D eigenvalue weighted by Gasteiger charge is 2.31. The molecule has 0 spiro atoms. The first-order valence-corrected chi connectivity index (χ1v) is 14.3. The van der Waals surface area contributed by atoms with Crippen molar-refractivity contribution in [2.24, 2.45) is 0 Å². The van der Waals surface area contributed by atoms with Crippen molar-refractivity contribution in [2.45, 2.75) is 78.0 Å². The SMILES string of the molecule is CCCCCCc1ccc(C(=O)N2CCc3nc(-c4ccccc4)nc(N4CC(C)OC(C)C4)c3C2)cc1. The fourth-order valence-corrected chi connectivity index (χ4v) is 5.65. The van der Waals surface area contributed by atoms with Gasteiger partial charge < -0.3 is 14.5 Å². The van der Waals surface area contributed by atoms with Crippen molar-refractivity contribution in [3.8, 4) is 11.4 Å². The number of rotatable bonds is 8. The summed E-state index contributed by atoms with van der Waals surface area (Å²) in [5.41, 5.74) is 5.19. The van der Waals surface area contributed by atoms with E-state index in [9.17, 15) is 4.79 Å². The van der Waals surface area contributed by atoms with Crippen molar-refractivity contribution < 1.29 is 9.53 Å². The second-order valence-corrected chi connectivity index (χ2v) is 10.8. The third kappa shape index (κ3) is 6.07.